The fourth-order valence-electron chi connectivity index (χ4n) is 2.77. The number of anilines is 2. The quantitative estimate of drug-likeness (QED) is 0.808. The normalized spacial score (nSPS) is 19.6. The van der Waals surface area contributed by atoms with Crippen molar-refractivity contribution < 1.29 is 9.59 Å². The second-order valence-electron chi connectivity index (χ2n) is 5.26. The maximum Gasteiger partial charge on any atom is 0.244 e. The first-order valence-electron chi connectivity index (χ1n) is 6.55. The Labute approximate surface area is 122 Å². The average molecular weight is 289 g/mol. The van der Waals surface area contributed by atoms with E-state index in [1.165, 1.54) is 4.90 Å². The van der Waals surface area contributed by atoms with Crippen molar-refractivity contribution in [2.45, 2.75) is 19.3 Å². The Bertz CT molecular complexity index is 610. The number of para-hydroxylation sites is 2. The fraction of sp³-hybridized carbons (Fsp3) is 0.357. The monoisotopic (exact) mass is 289 g/mol. The van der Waals surface area contributed by atoms with Crippen molar-refractivity contribution in [3.63, 3.8) is 0 Å². The molecule has 0 atom stereocenters. The lowest BCUT2D eigenvalue weighted by molar-refractivity contribution is -0.129. The summed E-state index contributed by atoms with van der Waals surface area (Å²) in [5.41, 5.74) is 6.37. The second kappa shape index (κ2) is 4.56. The molecule has 2 amide bonds. The highest BCUT2D eigenvalue weighted by molar-refractivity contribution is 7.80. The van der Waals surface area contributed by atoms with Gasteiger partial charge in [-0.2, -0.15) is 0 Å². The molecule has 1 aromatic rings. The van der Waals surface area contributed by atoms with Gasteiger partial charge in [-0.25, -0.2) is 0 Å². The lowest BCUT2D eigenvalue weighted by atomic mass is 9.67. The number of carbonyl (C=O) groups excluding carboxylic acids is 2. The number of fused-ring (bicyclic) bond motifs is 1. The molecule has 1 aliphatic carbocycles. The summed E-state index contributed by atoms with van der Waals surface area (Å²) < 4.78 is 0. The molecule has 0 bridgehead atoms. The number of amides is 2. The third kappa shape index (κ3) is 1.79. The first kappa shape index (κ1) is 13.1. The summed E-state index contributed by atoms with van der Waals surface area (Å²) in [7, 11) is 0. The van der Waals surface area contributed by atoms with Crippen LogP contribution in [0, 0.1) is 5.41 Å². The van der Waals surface area contributed by atoms with Gasteiger partial charge in [-0.1, -0.05) is 30.8 Å². The van der Waals surface area contributed by atoms with Crippen LogP contribution in [0.25, 0.3) is 0 Å². The number of benzene rings is 1. The molecule has 3 N–H and O–H groups in total. The Kier molecular flexibility index (Phi) is 2.97. The zero-order valence-electron chi connectivity index (χ0n) is 10.9. The molecule has 0 saturated heterocycles. The first-order valence-corrected chi connectivity index (χ1v) is 6.96. The van der Waals surface area contributed by atoms with E-state index in [0.29, 0.717) is 24.2 Å². The van der Waals surface area contributed by atoms with Gasteiger partial charge in [-0.3, -0.25) is 9.59 Å². The minimum atomic E-state index is -0.764. The maximum absolute atomic E-state index is 12.8. The predicted molar refractivity (Wildman–Crippen MR) is 80.5 cm³/mol. The number of hydrogen-bond acceptors (Lipinski definition) is 3. The molecule has 2 aliphatic rings. The van der Waals surface area contributed by atoms with E-state index in [1.54, 1.807) is 6.07 Å². The summed E-state index contributed by atoms with van der Waals surface area (Å²) in [6, 6.07) is 7.25. The van der Waals surface area contributed by atoms with Crippen LogP contribution in [0.1, 0.15) is 19.3 Å². The number of nitrogens with zero attached hydrogens (tertiary/aromatic N) is 1. The molecule has 5 nitrogen and oxygen atoms in total. The molecule has 1 aromatic carbocycles. The summed E-state index contributed by atoms with van der Waals surface area (Å²) in [5, 5.41) is 2.76. The summed E-state index contributed by atoms with van der Waals surface area (Å²) >= 11 is 5.08. The molecule has 0 unspecified atom stereocenters. The average Bonchev–Trinajstić information content (AvgIpc) is 2.35. The number of nitrogens with two attached hydrogens (primary N) is 1. The van der Waals surface area contributed by atoms with Crippen molar-refractivity contribution in [2.75, 3.05) is 16.8 Å². The van der Waals surface area contributed by atoms with Gasteiger partial charge >= 0.3 is 0 Å². The van der Waals surface area contributed by atoms with Gasteiger partial charge in [0.25, 0.3) is 0 Å². The van der Waals surface area contributed by atoms with Gasteiger partial charge in [0.15, 0.2) is 0 Å². The molecule has 1 fully saturated rings. The maximum atomic E-state index is 12.8. The third-order valence-corrected chi connectivity index (χ3v) is 4.49. The molecule has 1 saturated carbocycles. The summed E-state index contributed by atoms with van der Waals surface area (Å²) in [5.74, 6) is -0.354. The Morgan fingerprint density at radius 1 is 1.35 bits per heavy atom. The van der Waals surface area contributed by atoms with Gasteiger partial charge in [-0.15, -0.1) is 0 Å². The molecule has 6 heteroatoms. The summed E-state index contributed by atoms with van der Waals surface area (Å²) in [4.78, 5) is 26.3. The second-order valence-corrected chi connectivity index (χ2v) is 5.70. The molecule has 3 rings (SSSR count). The van der Waals surface area contributed by atoms with E-state index in [1.807, 2.05) is 18.2 Å². The SMILES string of the molecule is NC(=S)C1(C(=O)N2CC(=O)Nc3ccccc32)CCC1. The minimum absolute atomic E-state index is 0.0141. The van der Waals surface area contributed by atoms with E-state index in [2.05, 4.69) is 5.32 Å². The standard InChI is InChI=1S/C14H15N3O2S/c15-12(20)14(6-3-7-14)13(19)17-8-11(18)16-9-4-1-2-5-10(9)17/h1-2,4-5H,3,6-8H2,(H2,15,20)(H,16,18). The summed E-state index contributed by atoms with van der Waals surface area (Å²) in [6.45, 7) is 0.0141. The molecule has 1 heterocycles. The molecule has 1 aliphatic heterocycles. The van der Waals surface area contributed by atoms with Crippen LogP contribution < -0.4 is 16.0 Å². The van der Waals surface area contributed by atoms with Crippen LogP contribution in [0.5, 0.6) is 0 Å². The molecule has 20 heavy (non-hydrogen) atoms. The van der Waals surface area contributed by atoms with Gasteiger partial charge in [0.2, 0.25) is 11.8 Å². The number of nitrogens with one attached hydrogen (secondary N) is 1. The Morgan fingerprint density at radius 3 is 2.65 bits per heavy atom. The molecule has 0 radical (unpaired) electrons. The van der Waals surface area contributed by atoms with Crippen LogP contribution >= 0.6 is 12.2 Å². The van der Waals surface area contributed by atoms with Crippen LogP contribution in [0.2, 0.25) is 0 Å². The third-order valence-electron chi connectivity index (χ3n) is 4.10. The molecule has 0 aromatic heterocycles. The minimum Gasteiger partial charge on any atom is -0.392 e. The van der Waals surface area contributed by atoms with Crippen molar-refractivity contribution in [3.05, 3.63) is 24.3 Å². The van der Waals surface area contributed by atoms with Crippen LogP contribution in [0.15, 0.2) is 24.3 Å². The number of rotatable bonds is 2. The van der Waals surface area contributed by atoms with Gasteiger partial charge in [-0.05, 0) is 25.0 Å². The summed E-state index contributed by atoms with van der Waals surface area (Å²) in [6.07, 6.45) is 2.27. The zero-order valence-corrected chi connectivity index (χ0v) is 11.7. The smallest absolute Gasteiger partial charge is 0.244 e. The van der Waals surface area contributed by atoms with E-state index < -0.39 is 5.41 Å². The molecular formula is C14H15N3O2S. The van der Waals surface area contributed by atoms with E-state index >= 15 is 0 Å². The van der Waals surface area contributed by atoms with Gasteiger partial charge in [0.1, 0.15) is 6.54 Å². The van der Waals surface area contributed by atoms with E-state index in [4.69, 9.17) is 18.0 Å². The molecular weight excluding hydrogens is 274 g/mol. The van der Waals surface area contributed by atoms with Crippen molar-refractivity contribution >= 4 is 40.4 Å². The Balaban J connectivity index is 2.00. The van der Waals surface area contributed by atoms with Gasteiger partial charge in [0, 0.05) is 0 Å². The van der Waals surface area contributed by atoms with Crippen molar-refractivity contribution in [1.29, 1.82) is 0 Å². The zero-order chi connectivity index (χ0) is 14.3. The lowest BCUT2D eigenvalue weighted by Crippen LogP contribution is -2.57. The van der Waals surface area contributed by atoms with Crippen molar-refractivity contribution in [2.24, 2.45) is 11.1 Å². The molecule has 0 spiro atoms. The largest absolute Gasteiger partial charge is 0.392 e. The Hall–Kier alpha value is -1.95. The Morgan fingerprint density at radius 2 is 2.05 bits per heavy atom. The fourth-order valence-corrected chi connectivity index (χ4v) is 3.06. The number of carbonyl (C=O) groups is 2. The van der Waals surface area contributed by atoms with Crippen molar-refractivity contribution in [3.8, 4) is 0 Å². The van der Waals surface area contributed by atoms with Gasteiger partial charge < -0.3 is 16.0 Å². The highest BCUT2D eigenvalue weighted by Gasteiger charge is 2.50. The number of thiocarbonyl (C=S) groups is 1. The highest BCUT2D eigenvalue weighted by atomic mass is 32.1. The number of hydrogen-bond donors (Lipinski definition) is 2. The van der Waals surface area contributed by atoms with Crippen molar-refractivity contribution in [1.82, 2.24) is 0 Å². The van der Waals surface area contributed by atoms with Crippen LogP contribution in [0.4, 0.5) is 11.4 Å². The lowest BCUT2D eigenvalue weighted by Gasteiger charge is -2.43. The highest BCUT2D eigenvalue weighted by Crippen LogP contribution is 2.44. The topological polar surface area (TPSA) is 75.4 Å². The van der Waals surface area contributed by atoms with E-state index in [0.717, 1.165) is 6.42 Å². The van der Waals surface area contributed by atoms with Crippen LogP contribution in [0.3, 0.4) is 0 Å². The first-order chi connectivity index (χ1) is 9.54. The van der Waals surface area contributed by atoms with Crippen LogP contribution in [-0.2, 0) is 9.59 Å². The predicted octanol–water partition coefficient (Wildman–Crippen LogP) is 1.43. The van der Waals surface area contributed by atoms with Crippen LogP contribution in [-0.4, -0.2) is 23.3 Å². The molecule has 104 valence electrons. The van der Waals surface area contributed by atoms with E-state index in [-0.39, 0.29) is 23.3 Å². The van der Waals surface area contributed by atoms with Gasteiger partial charge in [0.05, 0.1) is 21.8 Å². The van der Waals surface area contributed by atoms with E-state index in [9.17, 15) is 9.59 Å².